The molecule has 1 aromatic heterocycles. The van der Waals surface area contributed by atoms with Crippen LogP contribution in [0.4, 0.5) is 0 Å². The van der Waals surface area contributed by atoms with Crippen LogP contribution in [0.5, 0.6) is 0 Å². The van der Waals surface area contributed by atoms with E-state index in [1.165, 1.54) is 0 Å². The summed E-state index contributed by atoms with van der Waals surface area (Å²) < 4.78 is 24.1. The van der Waals surface area contributed by atoms with Crippen molar-refractivity contribution in [1.82, 2.24) is 14.8 Å². The summed E-state index contributed by atoms with van der Waals surface area (Å²) in [5, 5.41) is 7.40. The Morgan fingerprint density at radius 3 is 2.44 bits per heavy atom. The van der Waals surface area contributed by atoms with Crippen LogP contribution in [-0.2, 0) is 22.0 Å². The average Bonchev–Trinajstić information content (AvgIpc) is 2.47. The second-order valence-electron chi connectivity index (χ2n) is 4.09. The van der Waals surface area contributed by atoms with Gasteiger partial charge in [0.25, 0.3) is 14.2 Å². The number of hydrogen-bond acceptors (Lipinski definition) is 4. The van der Waals surface area contributed by atoms with Crippen LogP contribution >= 0.6 is 10.7 Å². The maximum atomic E-state index is 11.3. The maximum absolute atomic E-state index is 11.3. The van der Waals surface area contributed by atoms with Crippen LogP contribution in [0.25, 0.3) is 0 Å². The second-order valence-corrected chi connectivity index (χ2v) is 6.55. The molecule has 1 rings (SSSR count). The summed E-state index contributed by atoms with van der Waals surface area (Å²) in [5.41, 5.74) is 0. The molecule has 0 aliphatic heterocycles. The van der Waals surface area contributed by atoms with Gasteiger partial charge in [-0.3, -0.25) is 0 Å². The first-order chi connectivity index (χ1) is 7.36. The van der Waals surface area contributed by atoms with Gasteiger partial charge < -0.3 is 4.57 Å². The van der Waals surface area contributed by atoms with Crippen molar-refractivity contribution in [2.24, 2.45) is 5.92 Å². The van der Waals surface area contributed by atoms with E-state index >= 15 is 0 Å². The van der Waals surface area contributed by atoms with E-state index < -0.39 is 9.05 Å². The minimum atomic E-state index is -3.81. The highest BCUT2D eigenvalue weighted by Crippen LogP contribution is 2.16. The summed E-state index contributed by atoms with van der Waals surface area (Å²) in [5.74, 6) is 1.07. The van der Waals surface area contributed by atoms with Crippen molar-refractivity contribution in [3.8, 4) is 0 Å². The maximum Gasteiger partial charge on any atom is 0.296 e. The summed E-state index contributed by atoms with van der Waals surface area (Å²) in [6, 6.07) is 0. The quantitative estimate of drug-likeness (QED) is 0.762. The van der Waals surface area contributed by atoms with Gasteiger partial charge in [-0.1, -0.05) is 20.8 Å². The Labute approximate surface area is 100 Å². The molecule has 0 saturated heterocycles. The Hall–Kier alpha value is -0.620. The Bertz CT molecular complexity index is 453. The van der Waals surface area contributed by atoms with Crippen LogP contribution < -0.4 is 0 Å². The predicted octanol–water partition coefficient (Wildman–Crippen LogP) is 1.81. The summed E-state index contributed by atoms with van der Waals surface area (Å²) in [4.78, 5) is 0. The lowest BCUT2D eigenvalue weighted by Gasteiger charge is -2.08. The molecule has 1 aromatic rings. The summed E-state index contributed by atoms with van der Waals surface area (Å²) in [7, 11) is 1.49. The van der Waals surface area contributed by atoms with Gasteiger partial charge >= 0.3 is 0 Å². The Balaban J connectivity index is 3.17. The van der Waals surface area contributed by atoms with Gasteiger partial charge in [-0.25, -0.2) is 8.42 Å². The number of halogens is 1. The third-order valence-corrected chi connectivity index (χ3v) is 3.20. The first-order valence-electron chi connectivity index (χ1n) is 5.23. The highest BCUT2D eigenvalue weighted by molar-refractivity contribution is 8.13. The SMILES string of the molecule is CCCn1c(CC(C)C)nnc1S(=O)(=O)Cl. The lowest BCUT2D eigenvalue weighted by Crippen LogP contribution is -2.11. The van der Waals surface area contributed by atoms with E-state index in [0.29, 0.717) is 24.7 Å². The summed E-state index contributed by atoms with van der Waals surface area (Å²) in [6.07, 6.45) is 1.50. The van der Waals surface area contributed by atoms with Crippen LogP contribution in [0.2, 0.25) is 0 Å². The van der Waals surface area contributed by atoms with E-state index in [9.17, 15) is 8.42 Å². The molecule has 0 spiro atoms. The van der Waals surface area contributed by atoms with Gasteiger partial charge in [-0.15, -0.1) is 10.2 Å². The zero-order chi connectivity index (χ0) is 12.3. The van der Waals surface area contributed by atoms with Gasteiger partial charge in [-0.05, 0) is 12.3 Å². The summed E-state index contributed by atoms with van der Waals surface area (Å²) in [6.45, 7) is 6.61. The molecule has 0 radical (unpaired) electrons. The standard InChI is InChI=1S/C9H16ClN3O2S/c1-4-5-13-8(6-7(2)3)11-12-9(13)16(10,14)15/h7H,4-6H2,1-3H3. The van der Waals surface area contributed by atoms with Crippen LogP contribution in [-0.4, -0.2) is 23.2 Å². The smallest absolute Gasteiger partial charge is 0.296 e. The fourth-order valence-electron chi connectivity index (χ4n) is 1.46. The molecule has 1 heterocycles. The zero-order valence-corrected chi connectivity index (χ0v) is 11.2. The molecular weight excluding hydrogens is 250 g/mol. The molecule has 0 unspecified atom stereocenters. The summed E-state index contributed by atoms with van der Waals surface area (Å²) >= 11 is 0. The monoisotopic (exact) mass is 265 g/mol. The molecule has 92 valence electrons. The van der Waals surface area contributed by atoms with E-state index in [2.05, 4.69) is 10.2 Å². The minimum Gasteiger partial charge on any atom is -0.301 e. The molecular formula is C9H16ClN3O2S. The topological polar surface area (TPSA) is 64.8 Å². The molecule has 0 fully saturated rings. The molecule has 0 saturated carbocycles. The third-order valence-electron chi connectivity index (χ3n) is 2.05. The zero-order valence-electron chi connectivity index (χ0n) is 9.64. The largest absolute Gasteiger partial charge is 0.301 e. The average molecular weight is 266 g/mol. The number of rotatable bonds is 5. The molecule has 0 amide bonds. The molecule has 0 N–H and O–H groups in total. The normalized spacial score (nSPS) is 12.3. The van der Waals surface area contributed by atoms with Crippen molar-refractivity contribution in [1.29, 1.82) is 0 Å². The van der Waals surface area contributed by atoms with Crippen molar-refractivity contribution in [3.05, 3.63) is 5.82 Å². The van der Waals surface area contributed by atoms with Crippen LogP contribution in [0.1, 0.15) is 33.0 Å². The van der Waals surface area contributed by atoms with Crippen molar-refractivity contribution in [3.63, 3.8) is 0 Å². The minimum absolute atomic E-state index is 0.147. The van der Waals surface area contributed by atoms with Gasteiger partial charge in [0.2, 0.25) is 0 Å². The highest BCUT2D eigenvalue weighted by Gasteiger charge is 2.22. The Kier molecular flexibility index (Phi) is 4.32. The fraction of sp³-hybridized carbons (Fsp3) is 0.778. The van der Waals surface area contributed by atoms with Gasteiger partial charge in [0.15, 0.2) is 0 Å². The number of aromatic nitrogens is 3. The van der Waals surface area contributed by atoms with Gasteiger partial charge in [-0.2, -0.15) is 0 Å². The van der Waals surface area contributed by atoms with E-state index in [0.717, 1.165) is 6.42 Å². The van der Waals surface area contributed by atoms with Crippen molar-refractivity contribution in [2.75, 3.05) is 0 Å². The van der Waals surface area contributed by atoms with Gasteiger partial charge in [0.05, 0.1) is 0 Å². The first-order valence-corrected chi connectivity index (χ1v) is 7.54. The lowest BCUT2D eigenvalue weighted by atomic mass is 10.1. The molecule has 0 bridgehead atoms. The van der Waals surface area contributed by atoms with Gasteiger partial charge in [0, 0.05) is 23.6 Å². The van der Waals surface area contributed by atoms with Crippen molar-refractivity contribution >= 4 is 19.7 Å². The molecule has 5 nitrogen and oxygen atoms in total. The molecule has 0 atom stereocenters. The molecule has 7 heteroatoms. The first kappa shape index (κ1) is 13.4. The van der Waals surface area contributed by atoms with E-state index in [1.807, 2.05) is 20.8 Å². The predicted molar refractivity (Wildman–Crippen MR) is 61.9 cm³/mol. The van der Waals surface area contributed by atoms with E-state index in [4.69, 9.17) is 10.7 Å². The van der Waals surface area contributed by atoms with Crippen LogP contribution in [0, 0.1) is 5.92 Å². The molecule has 16 heavy (non-hydrogen) atoms. The number of nitrogens with zero attached hydrogens (tertiary/aromatic N) is 3. The molecule has 0 aliphatic carbocycles. The Morgan fingerprint density at radius 2 is 2.00 bits per heavy atom. The fourth-order valence-corrected chi connectivity index (χ4v) is 2.40. The van der Waals surface area contributed by atoms with E-state index in [-0.39, 0.29) is 5.16 Å². The lowest BCUT2D eigenvalue weighted by molar-refractivity contribution is 0.531. The van der Waals surface area contributed by atoms with Crippen LogP contribution in [0.3, 0.4) is 0 Å². The molecule has 0 aliphatic rings. The highest BCUT2D eigenvalue weighted by atomic mass is 35.7. The second kappa shape index (κ2) is 5.14. The van der Waals surface area contributed by atoms with Crippen LogP contribution in [0.15, 0.2) is 5.16 Å². The Morgan fingerprint density at radius 1 is 1.38 bits per heavy atom. The van der Waals surface area contributed by atoms with Crippen molar-refractivity contribution < 1.29 is 8.42 Å². The van der Waals surface area contributed by atoms with Crippen molar-refractivity contribution in [2.45, 2.75) is 45.3 Å². The van der Waals surface area contributed by atoms with E-state index in [1.54, 1.807) is 4.57 Å². The molecule has 0 aromatic carbocycles. The number of hydrogen-bond donors (Lipinski definition) is 0. The van der Waals surface area contributed by atoms with Gasteiger partial charge in [0.1, 0.15) is 5.82 Å². The third kappa shape index (κ3) is 3.18.